The van der Waals surface area contributed by atoms with Crippen molar-refractivity contribution >= 4 is 21.8 Å². The van der Waals surface area contributed by atoms with Gasteiger partial charge in [0.1, 0.15) is 5.69 Å². The Morgan fingerprint density at radius 3 is 2.56 bits per heavy atom. The van der Waals surface area contributed by atoms with E-state index in [2.05, 4.69) is 20.8 Å². The second-order valence-corrected chi connectivity index (χ2v) is 5.43. The number of amides is 1. The van der Waals surface area contributed by atoms with E-state index < -0.39 is 0 Å². The van der Waals surface area contributed by atoms with Crippen molar-refractivity contribution in [3.8, 4) is 0 Å². The van der Waals surface area contributed by atoms with Crippen LogP contribution >= 0.6 is 15.9 Å². The molecule has 100 valence electrons. The zero-order valence-corrected chi connectivity index (χ0v) is 12.1. The third-order valence-electron chi connectivity index (χ3n) is 3.27. The number of nitrogens with zero attached hydrogens (tertiary/aromatic N) is 3. The predicted octanol–water partition coefficient (Wildman–Crippen LogP) is 0.538. The molecule has 5 nitrogen and oxygen atoms in total. The number of aromatic nitrogens is 1. The van der Waals surface area contributed by atoms with Crippen molar-refractivity contribution in [2.75, 3.05) is 39.3 Å². The summed E-state index contributed by atoms with van der Waals surface area (Å²) in [6.45, 7) is 3.98. The minimum absolute atomic E-state index is 0.0758. The molecule has 0 radical (unpaired) electrons. The Balaban J connectivity index is 1.97. The number of piperazine rings is 1. The summed E-state index contributed by atoms with van der Waals surface area (Å²) in [4.78, 5) is 16.4. The Morgan fingerprint density at radius 2 is 2.06 bits per heavy atom. The second kappa shape index (κ2) is 5.86. The fraction of sp³-hybridized carbons (Fsp3) is 0.583. The maximum Gasteiger partial charge on any atom is 0.270 e. The van der Waals surface area contributed by atoms with Crippen LogP contribution in [0.1, 0.15) is 10.5 Å². The molecule has 1 amide bonds. The summed E-state index contributed by atoms with van der Waals surface area (Å²) < 4.78 is 2.76. The highest BCUT2D eigenvalue weighted by Gasteiger charge is 2.23. The summed E-state index contributed by atoms with van der Waals surface area (Å²) in [5.41, 5.74) is 0.706. The fourth-order valence-electron chi connectivity index (χ4n) is 2.21. The van der Waals surface area contributed by atoms with E-state index in [1.54, 1.807) is 0 Å². The fourth-order valence-corrected chi connectivity index (χ4v) is 2.74. The molecule has 0 spiro atoms. The molecule has 1 aliphatic rings. The van der Waals surface area contributed by atoms with Gasteiger partial charge in [-0.05, 0) is 22.0 Å². The molecule has 18 heavy (non-hydrogen) atoms. The van der Waals surface area contributed by atoms with Gasteiger partial charge in [0.05, 0.1) is 6.61 Å². The number of rotatable bonds is 3. The van der Waals surface area contributed by atoms with Gasteiger partial charge in [0.25, 0.3) is 5.91 Å². The number of carbonyl (C=O) groups excluding carboxylic acids is 1. The van der Waals surface area contributed by atoms with E-state index in [4.69, 9.17) is 5.11 Å². The highest BCUT2D eigenvalue weighted by Crippen LogP contribution is 2.16. The van der Waals surface area contributed by atoms with Crippen molar-refractivity contribution < 1.29 is 9.90 Å². The van der Waals surface area contributed by atoms with Crippen molar-refractivity contribution in [3.05, 3.63) is 22.4 Å². The number of hydrogen-bond donors (Lipinski definition) is 1. The van der Waals surface area contributed by atoms with Gasteiger partial charge in [-0.2, -0.15) is 0 Å². The van der Waals surface area contributed by atoms with Crippen LogP contribution in [0.2, 0.25) is 0 Å². The lowest BCUT2D eigenvalue weighted by molar-refractivity contribution is 0.0606. The van der Waals surface area contributed by atoms with Gasteiger partial charge >= 0.3 is 0 Å². The molecule has 1 N–H and O–H groups in total. The van der Waals surface area contributed by atoms with E-state index >= 15 is 0 Å². The summed E-state index contributed by atoms with van der Waals surface area (Å²) in [5, 5.41) is 8.88. The number of carbonyl (C=O) groups is 1. The standard InChI is InChI=1S/C12H18BrN3O2/c1-14-9-10(13)8-11(14)12(18)16-4-2-15(3-5-16)6-7-17/h8-9,17H,2-7H2,1H3. The molecule has 0 bridgehead atoms. The number of aliphatic hydroxyl groups excluding tert-OH is 1. The van der Waals surface area contributed by atoms with Gasteiger partial charge in [-0.1, -0.05) is 0 Å². The van der Waals surface area contributed by atoms with Gasteiger partial charge in [0.2, 0.25) is 0 Å². The zero-order chi connectivity index (χ0) is 13.1. The molecule has 0 saturated carbocycles. The van der Waals surface area contributed by atoms with Gasteiger partial charge in [0.15, 0.2) is 0 Å². The molecule has 0 unspecified atom stereocenters. The molecule has 1 aromatic heterocycles. The topological polar surface area (TPSA) is 48.7 Å². The van der Waals surface area contributed by atoms with Crippen molar-refractivity contribution in [1.29, 1.82) is 0 Å². The zero-order valence-electron chi connectivity index (χ0n) is 10.5. The number of β-amino-alcohol motifs (C(OH)–C–C–N with tert-alkyl or cyclic N) is 1. The SMILES string of the molecule is Cn1cc(Br)cc1C(=O)N1CCN(CCO)CC1. The monoisotopic (exact) mass is 315 g/mol. The molecular formula is C12H18BrN3O2. The molecule has 0 atom stereocenters. The summed E-state index contributed by atoms with van der Waals surface area (Å²) in [6.07, 6.45) is 1.88. The average Bonchev–Trinajstić information content (AvgIpc) is 2.69. The smallest absolute Gasteiger partial charge is 0.270 e. The Labute approximate surface area is 115 Å². The Kier molecular flexibility index (Phi) is 4.42. The van der Waals surface area contributed by atoms with E-state index in [1.807, 2.05) is 28.8 Å². The van der Waals surface area contributed by atoms with Gasteiger partial charge < -0.3 is 14.6 Å². The van der Waals surface area contributed by atoms with Gasteiger partial charge in [-0.15, -0.1) is 0 Å². The Morgan fingerprint density at radius 1 is 1.39 bits per heavy atom. The third kappa shape index (κ3) is 2.93. The molecule has 0 aliphatic carbocycles. The molecule has 1 saturated heterocycles. The molecule has 2 heterocycles. The highest BCUT2D eigenvalue weighted by molar-refractivity contribution is 9.10. The first-order valence-corrected chi connectivity index (χ1v) is 6.85. The minimum Gasteiger partial charge on any atom is -0.395 e. The molecule has 1 fully saturated rings. The summed E-state index contributed by atoms with van der Waals surface area (Å²) in [7, 11) is 1.88. The largest absolute Gasteiger partial charge is 0.395 e. The Hall–Kier alpha value is -0.850. The van der Waals surface area contributed by atoms with Gasteiger partial charge in [-0.3, -0.25) is 9.69 Å². The minimum atomic E-state index is 0.0758. The number of halogens is 1. The van der Waals surface area contributed by atoms with Crippen LogP contribution in [0.3, 0.4) is 0 Å². The number of hydrogen-bond acceptors (Lipinski definition) is 3. The third-order valence-corrected chi connectivity index (χ3v) is 3.70. The van der Waals surface area contributed by atoms with Crippen molar-refractivity contribution in [1.82, 2.24) is 14.4 Å². The maximum atomic E-state index is 12.3. The molecule has 1 aromatic rings. The Bertz CT molecular complexity index is 425. The first kappa shape index (κ1) is 13.6. The lowest BCUT2D eigenvalue weighted by atomic mass is 10.2. The normalized spacial score (nSPS) is 17.2. The van der Waals surface area contributed by atoms with Crippen LogP contribution in [0.15, 0.2) is 16.7 Å². The highest BCUT2D eigenvalue weighted by atomic mass is 79.9. The molecule has 1 aliphatic heterocycles. The van der Waals surface area contributed by atoms with E-state index in [0.717, 1.165) is 30.7 Å². The lowest BCUT2D eigenvalue weighted by Gasteiger charge is -2.34. The van der Waals surface area contributed by atoms with Crippen LogP contribution in [-0.2, 0) is 7.05 Å². The van der Waals surface area contributed by atoms with Crippen LogP contribution < -0.4 is 0 Å². The molecular weight excluding hydrogens is 298 g/mol. The van der Waals surface area contributed by atoms with Crippen LogP contribution in [0.5, 0.6) is 0 Å². The van der Waals surface area contributed by atoms with E-state index in [0.29, 0.717) is 12.2 Å². The van der Waals surface area contributed by atoms with Crippen molar-refractivity contribution in [2.24, 2.45) is 7.05 Å². The molecule has 0 aromatic carbocycles. The summed E-state index contributed by atoms with van der Waals surface area (Å²) >= 11 is 3.38. The molecule has 2 rings (SSSR count). The van der Waals surface area contributed by atoms with E-state index in [-0.39, 0.29) is 12.5 Å². The van der Waals surface area contributed by atoms with E-state index in [1.165, 1.54) is 0 Å². The molecule has 6 heteroatoms. The van der Waals surface area contributed by atoms with Crippen LogP contribution in [0.25, 0.3) is 0 Å². The first-order chi connectivity index (χ1) is 8.61. The number of aliphatic hydroxyl groups is 1. The predicted molar refractivity (Wildman–Crippen MR) is 72.5 cm³/mol. The van der Waals surface area contributed by atoms with E-state index in [9.17, 15) is 4.79 Å². The summed E-state index contributed by atoms with van der Waals surface area (Å²) in [6, 6.07) is 1.85. The van der Waals surface area contributed by atoms with Gasteiger partial charge in [0, 0.05) is 50.4 Å². The summed E-state index contributed by atoms with van der Waals surface area (Å²) in [5.74, 6) is 0.0758. The quantitative estimate of drug-likeness (QED) is 0.885. The average molecular weight is 316 g/mol. The van der Waals surface area contributed by atoms with Crippen molar-refractivity contribution in [3.63, 3.8) is 0 Å². The van der Waals surface area contributed by atoms with Crippen LogP contribution in [0.4, 0.5) is 0 Å². The lowest BCUT2D eigenvalue weighted by Crippen LogP contribution is -2.49. The second-order valence-electron chi connectivity index (χ2n) is 4.51. The van der Waals surface area contributed by atoms with Crippen molar-refractivity contribution in [2.45, 2.75) is 0 Å². The van der Waals surface area contributed by atoms with Crippen LogP contribution in [-0.4, -0.2) is 64.7 Å². The van der Waals surface area contributed by atoms with Crippen LogP contribution in [0, 0.1) is 0 Å². The number of aryl methyl sites for hydroxylation is 1. The first-order valence-electron chi connectivity index (χ1n) is 6.06. The maximum absolute atomic E-state index is 12.3. The van der Waals surface area contributed by atoms with Gasteiger partial charge in [-0.25, -0.2) is 0 Å².